The quantitative estimate of drug-likeness (QED) is 0.826. The van der Waals surface area contributed by atoms with Crippen LogP contribution < -0.4 is 15.4 Å². The molecule has 5 heteroatoms. The highest BCUT2D eigenvalue weighted by molar-refractivity contribution is 5.82. The molecule has 116 valence electrons. The Hall–Kier alpha value is -1.59. The van der Waals surface area contributed by atoms with Gasteiger partial charge in [0.1, 0.15) is 5.75 Å². The van der Waals surface area contributed by atoms with Crippen molar-refractivity contribution in [2.75, 3.05) is 34.3 Å². The summed E-state index contributed by atoms with van der Waals surface area (Å²) in [4.78, 5) is 14.2. The van der Waals surface area contributed by atoms with Gasteiger partial charge < -0.3 is 20.3 Å². The van der Waals surface area contributed by atoms with E-state index < -0.39 is 0 Å². The van der Waals surface area contributed by atoms with Crippen molar-refractivity contribution in [1.82, 2.24) is 15.5 Å². The number of carbonyl (C=O) groups excluding carboxylic acids is 1. The Bertz CT molecular complexity index is 470. The molecule has 0 saturated carbocycles. The summed E-state index contributed by atoms with van der Waals surface area (Å²) in [6.07, 6.45) is 2.00. The van der Waals surface area contributed by atoms with Crippen LogP contribution in [0.1, 0.15) is 24.4 Å². The fourth-order valence-corrected chi connectivity index (χ4v) is 2.68. The van der Waals surface area contributed by atoms with E-state index in [0.29, 0.717) is 6.54 Å². The maximum atomic E-state index is 12.1. The monoisotopic (exact) mass is 291 g/mol. The summed E-state index contributed by atoms with van der Waals surface area (Å²) in [5.41, 5.74) is 1.14. The Morgan fingerprint density at radius 1 is 1.52 bits per heavy atom. The van der Waals surface area contributed by atoms with Crippen LogP contribution in [0.2, 0.25) is 0 Å². The Morgan fingerprint density at radius 2 is 2.33 bits per heavy atom. The molecule has 1 aromatic carbocycles. The minimum Gasteiger partial charge on any atom is -0.497 e. The van der Waals surface area contributed by atoms with Crippen LogP contribution in [0.15, 0.2) is 24.3 Å². The standard InChI is InChI=1S/C16H25N3O2/c1-19(2)15(12-6-4-7-13(10-12)21-3)11-18-16(20)14-8-5-9-17-14/h4,6-7,10,14-15,17H,5,8-9,11H2,1-3H3,(H,18,20). The summed E-state index contributed by atoms with van der Waals surface area (Å²) in [7, 11) is 5.70. The molecule has 0 spiro atoms. The number of benzene rings is 1. The van der Waals surface area contributed by atoms with Crippen molar-refractivity contribution >= 4 is 5.91 Å². The van der Waals surface area contributed by atoms with Crippen LogP contribution in [0.5, 0.6) is 5.75 Å². The molecule has 2 unspecified atom stereocenters. The van der Waals surface area contributed by atoms with Crippen molar-refractivity contribution in [3.63, 3.8) is 0 Å². The number of ether oxygens (including phenoxy) is 1. The second-order valence-electron chi connectivity index (χ2n) is 5.65. The summed E-state index contributed by atoms with van der Waals surface area (Å²) in [5.74, 6) is 0.936. The molecular formula is C16H25N3O2. The molecule has 0 aromatic heterocycles. The van der Waals surface area contributed by atoms with Crippen molar-refractivity contribution in [2.24, 2.45) is 0 Å². The Morgan fingerprint density at radius 3 is 2.95 bits per heavy atom. The van der Waals surface area contributed by atoms with Crippen molar-refractivity contribution in [2.45, 2.75) is 24.9 Å². The average Bonchev–Trinajstić information content (AvgIpc) is 3.01. The molecule has 2 N–H and O–H groups in total. The predicted molar refractivity (Wildman–Crippen MR) is 83.5 cm³/mol. The van der Waals surface area contributed by atoms with Crippen molar-refractivity contribution < 1.29 is 9.53 Å². The molecule has 2 atom stereocenters. The molecule has 21 heavy (non-hydrogen) atoms. The number of nitrogens with one attached hydrogen (secondary N) is 2. The SMILES string of the molecule is COc1cccc(C(CNC(=O)C2CCCN2)N(C)C)c1. The third kappa shape index (κ3) is 4.19. The number of likely N-dealkylation sites (N-methyl/N-ethyl adjacent to an activating group) is 1. The fraction of sp³-hybridized carbons (Fsp3) is 0.562. The van der Waals surface area contributed by atoms with E-state index in [1.54, 1.807) is 7.11 Å². The van der Waals surface area contributed by atoms with Gasteiger partial charge in [-0.25, -0.2) is 0 Å². The van der Waals surface area contributed by atoms with E-state index in [9.17, 15) is 4.79 Å². The lowest BCUT2D eigenvalue weighted by Gasteiger charge is -2.26. The molecule has 1 aliphatic heterocycles. The van der Waals surface area contributed by atoms with Crippen LogP contribution in [0, 0.1) is 0 Å². The van der Waals surface area contributed by atoms with Crippen LogP contribution in [-0.4, -0.2) is 51.1 Å². The number of rotatable bonds is 6. The van der Waals surface area contributed by atoms with Gasteiger partial charge in [0.05, 0.1) is 19.2 Å². The number of amides is 1. The topological polar surface area (TPSA) is 53.6 Å². The van der Waals surface area contributed by atoms with E-state index >= 15 is 0 Å². The molecule has 5 nitrogen and oxygen atoms in total. The van der Waals surface area contributed by atoms with Crippen molar-refractivity contribution in [3.05, 3.63) is 29.8 Å². The zero-order valence-corrected chi connectivity index (χ0v) is 13.1. The first-order valence-corrected chi connectivity index (χ1v) is 7.43. The lowest BCUT2D eigenvalue weighted by molar-refractivity contribution is -0.123. The van der Waals surface area contributed by atoms with Gasteiger partial charge in [0, 0.05) is 6.54 Å². The smallest absolute Gasteiger partial charge is 0.237 e. The van der Waals surface area contributed by atoms with Crippen LogP contribution in [0.25, 0.3) is 0 Å². The van der Waals surface area contributed by atoms with E-state index in [-0.39, 0.29) is 18.0 Å². The Balaban J connectivity index is 1.99. The van der Waals surface area contributed by atoms with Crippen LogP contribution in [0.3, 0.4) is 0 Å². The Kier molecular flexibility index (Phi) is 5.59. The number of carbonyl (C=O) groups is 1. The lowest BCUT2D eigenvalue weighted by atomic mass is 10.1. The number of hydrogen-bond donors (Lipinski definition) is 2. The van der Waals surface area contributed by atoms with Gasteiger partial charge in [0.2, 0.25) is 5.91 Å². The van der Waals surface area contributed by atoms with Gasteiger partial charge in [-0.05, 0) is 51.2 Å². The van der Waals surface area contributed by atoms with Gasteiger partial charge >= 0.3 is 0 Å². The molecule has 1 amide bonds. The summed E-state index contributed by atoms with van der Waals surface area (Å²) in [6.45, 7) is 1.53. The van der Waals surface area contributed by atoms with Crippen LogP contribution in [-0.2, 0) is 4.79 Å². The summed E-state index contributed by atoms with van der Waals surface area (Å²) in [5, 5.41) is 6.28. The first kappa shape index (κ1) is 15.8. The highest BCUT2D eigenvalue weighted by Gasteiger charge is 2.23. The highest BCUT2D eigenvalue weighted by atomic mass is 16.5. The first-order chi connectivity index (χ1) is 10.1. The molecule has 0 bridgehead atoms. The van der Waals surface area contributed by atoms with Gasteiger partial charge in [-0.1, -0.05) is 12.1 Å². The summed E-state index contributed by atoms with van der Waals surface area (Å²) < 4.78 is 5.28. The highest BCUT2D eigenvalue weighted by Crippen LogP contribution is 2.22. The minimum atomic E-state index is -0.0295. The van der Waals surface area contributed by atoms with E-state index in [2.05, 4.69) is 21.6 Å². The molecule has 1 saturated heterocycles. The average molecular weight is 291 g/mol. The summed E-state index contributed by atoms with van der Waals surface area (Å²) >= 11 is 0. The zero-order valence-electron chi connectivity index (χ0n) is 13.1. The third-order valence-corrected chi connectivity index (χ3v) is 3.95. The number of methoxy groups -OCH3 is 1. The van der Waals surface area contributed by atoms with Gasteiger partial charge in [-0.3, -0.25) is 4.79 Å². The van der Waals surface area contributed by atoms with Gasteiger partial charge in [0.15, 0.2) is 0 Å². The minimum absolute atomic E-state index is 0.0295. The van der Waals surface area contributed by atoms with Crippen molar-refractivity contribution in [1.29, 1.82) is 0 Å². The zero-order chi connectivity index (χ0) is 15.2. The van der Waals surface area contributed by atoms with E-state index in [4.69, 9.17) is 4.74 Å². The van der Waals surface area contributed by atoms with E-state index in [0.717, 1.165) is 30.7 Å². The van der Waals surface area contributed by atoms with Crippen LogP contribution in [0.4, 0.5) is 0 Å². The number of hydrogen-bond acceptors (Lipinski definition) is 4. The third-order valence-electron chi connectivity index (χ3n) is 3.95. The van der Waals surface area contributed by atoms with Crippen molar-refractivity contribution in [3.8, 4) is 5.75 Å². The summed E-state index contributed by atoms with van der Waals surface area (Å²) in [6, 6.07) is 8.09. The molecule has 2 rings (SSSR count). The van der Waals surface area contributed by atoms with Crippen LogP contribution >= 0.6 is 0 Å². The fourth-order valence-electron chi connectivity index (χ4n) is 2.68. The molecule has 1 aromatic rings. The van der Waals surface area contributed by atoms with E-state index in [1.165, 1.54) is 0 Å². The second kappa shape index (κ2) is 7.43. The predicted octanol–water partition coefficient (Wildman–Crippen LogP) is 1.17. The maximum absolute atomic E-state index is 12.1. The molecule has 1 aliphatic rings. The van der Waals surface area contributed by atoms with E-state index in [1.807, 2.05) is 32.3 Å². The first-order valence-electron chi connectivity index (χ1n) is 7.43. The molecule has 1 heterocycles. The van der Waals surface area contributed by atoms with Gasteiger partial charge in [-0.2, -0.15) is 0 Å². The lowest BCUT2D eigenvalue weighted by Crippen LogP contribution is -2.43. The largest absolute Gasteiger partial charge is 0.497 e. The molecule has 1 fully saturated rings. The maximum Gasteiger partial charge on any atom is 0.237 e. The molecule has 0 aliphatic carbocycles. The van der Waals surface area contributed by atoms with Gasteiger partial charge in [0.25, 0.3) is 0 Å². The van der Waals surface area contributed by atoms with Gasteiger partial charge in [-0.15, -0.1) is 0 Å². The molecular weight excluding hydrogens is 266 g/mol. The molecule has 0 radical (unpaired) electrons. The normalized spacial score (nSPS) is 19.5. The Labute approximate surface area is 126 Å². The number of nitrogens with zero attached hydrogens (tertiary/aromatic N) is 1. The second-order valence-corrected chi connectivity index (χ2v) is 5.65.